The number of hydrogen-bond donors (Lipinski definition) is 0. The number of carbonyl (C=O) groups excluding carboxylic acids is 1. The predicted molar refractivity (Wildman–Crippen MR) is 133 cm³/mol. The van der Waals surface area contributed by atoms with Gasteiger partial charge in [-0.05, 0) is 86.2 Å². The largest absolute Gasteiger partial charge is 0.488 e. The maximum Gasteiger partial charge on any atom is 0.416 e. The lowest BCUT2D eigenvalue weighted by molar-refractivity contribution is -0.137. The fourth-order valence-electron chi connectivity index (χ4n) is 4.33. The Bertz CT molecular complexity index is 1370. The fraction of sp³-hybridized carbons (Fsp3) is 0.286. The van der Waals surface area contributed by atoms with E-state index in [2.05, 4.69) is 4.98 Å². The molecule has 9 heteroatoms. The molecular formula is C28H24ClF4NO3. The van der Waals surface area contributed by atoms with Crippen LogP contribution in [-0.2, 0) is 17.5 Å². The van der Waals surface area contributed by atoms with Crippen molar-refractivity contribution < 1.29 is 31.8 Å². The zero-order valence-electron chi connectivity index (χ0n) is 20.2. The van der Waals surface area contributed by atoms with Crippen LogP contribution in [0, 0.1) is 12.7 Å². The Balaban J connectivity index is 1.68. The number of aromatic nitrogens is 1. The highest BCUT2D eigenvalue weighted by molar-refractivity contribution is 6.30. The maximum absolute atomic E-state index is 14.4. The van der Waals surface area contributed by atoms with Crippen molar-refractivity contribution in [3.05, 3.63) is 93.0 Å². The van der Waals surface area contributed by atoms with Crippen LogP contribution in [0.15, 0.2) is 48.7 Å². The van der Waals surface area contributed by atoms with Gasteiger partial charge in [-0.3, -0.25) is 4.98 Å². The number of rotatable bonds is 7. The number of ether oxygens (including phenoxy) is 2. The Morgan fingerprint density at radius 1 is 1.08 bits per heavy atom. The van der Waals surface area contributed by atoms with Gasteiger partial charge in [-0.2, -0.15) is 13.2 Å². The summed E-state index contributed by atoms with van der Waals surface area (Å²) in [5, 5.41) is 0.469. The molecule has 0 radical (unpaired) electrons. The summed E-state index contributed by atoms with van der Waals surface area (Å²) in [5.41, 5.74) is 3.29. The molecule has 0 aliphatic heterocycles. The van der Waals surface area contributed by atoms with E-state index in [4.69, 9.17) is 21.1 Å². The molecule has 4 rings (SSSR count). The van der Waals surface area contributed by atoms with Crippen LogP contribution in [0.2, 0.25) is 5.02 Å². The van der Waals surface area contributed by atoms with Gasteiger partial charge in [-0.1, -0.05) is 17.7 Å². The van der Waals surface area contributed by atoms with Crippen molar-refractivity contribution in [2.75, 3.05) is 6.61 Å². The minimum absolute atomic E-state index is 0.00339. The number of nitrogens with zero attached hydrogens (tertiary/aromatic N) is 1. The quantitative estimate of drug-likeness (QED) is 0.228. The number of aryl methyl sites for hydroxylation is 1. The Kier molecular flexibility index (Phi) is 7.87. The second-order valence-corrected chi connectivity index (χ2v) is 9.06. The van der Waals surface area contributed by atoms with Crippen LogP contribution in [0.4, 0.5) is 17.6 Å². The highest BCUT2D eigenvalue weighted by atomic mass is 35.5. The van der Waals surface area contributed by atoms with E-state index >= 15 is 0 Å². The summed E-state index contributed by atoms with van der Waals surface area (Å²) >= 11 is 6.30. The van der Waals surface area contributed by atoms with Gasteiger partial charge in [0.25, 0.3) is 0 Å². The molecule has 0 fully saturated rings. The molecule has 1 heterocycles. The number of alkyl halides is 3. The van der Waals surface area contributed by atoms with Gasteiger partial charge in [0.15, 0.2) is 0 Å². The summed E-state index contributed by atoms with van der Waals surface area (Å²) in [6.45, 7) is 3.46. The molecule has 1 aliphatic rings. The third-order valence-corrected chi connectivity index (χ3v) is 6.41. The van der Waals surface area contributed by atoms with Crippen LogP contribution < -0.4 is 4.74 Å². The van der Waals surface area contributed by atoms with E-state index in [1.807, 2.05) is 0 Å². The van der Waals surface area contributed by atoms with Crippen molar-refractivity contribution in [3.8, 4) is 5.75 Å². The van der Waals surface area contributed by atoms with E-state index in [0.29, 0.717) is 40.1 Å². The zero-order chi connectivity index (χ0) is 26.7. The van der Waals surface area contributed by atoms with E-state index in [9.17, 15) is 22.4 Å². The predicted octanol–water partition coefficient (Wildman–Crippen LogP) is 8.05. The zero-order valence-corrected chi connectivity index (χ0v) is 21.0. The van der Waals surface area contributed by atoms with Gasteiger partial charge in [0, 0.05) is 22.3 Å². The first-order valence-corrected chi connectivity index (χ1v) is 12.1. The minimum Gasteiger partial charge on any atom is -0.488 e. The number of hydrogen-bond acceptors (Lipinski definition) is 4. The van der Waals surface area contributed by atoms with Gasteiger partial charge in [0.2, 0.25) is 0 Å². The van der Waals surface area contributed by atoms with Crippen LogP contribution in [-0.4, -0.2) is 17.6 Å². The Hall–Kier alpha value is -3.39. The van der Waals surface area contributed by atoms with Crippen molar-refractivity contribution in [2.24, 2.45) is 0 Å². The van der Waals surface area contributed by atoms with Crippen LogP contribution >= 0.6 is 11.6 Å². The summed E-state index contributed by atoms with van der Waals surface area (Å²) in [7, 11) is 0. The molecular weight excluding hydrogens is 510 g/mol. The topological polar surface area (TPSA) is 48.4 Å². The van der Waals surface area contributed by atoms with Crippen molar-refractivity contribution in [1.82, 2.24) is 4.98 Å². The lowest BCUT2D eigenvalue weighted by Crippen LogP contribution is -2.08. The lowest BCUT2D eigenvalue weighted by atomic mass is 9.96. The first kappa shape index (κ1) is 26.7. The fourth-order valence-corrected chi connectivity index (χ4v) is 4.51. The standard InChI is InChI=1S/C28H24ClF4NO3/c1-3-36-27(35)23-11-18(14-34-16(23)2)21-5-4-6-22(21)24-13-20(29)9-10-26(24)37-15-17-7-8-19(12-25(17)30)28(31,32)33/h7-14H,3-6,15H2,1-2H3. The maximum atomic E-state index is 14.4. The summed E-state index contributed by atoms with van der Waals surface area (Å²) in [5.74, 6) is -1.02. The average molecular weight is 534 g/mol. The first-order chi connectivity index (χ1) is 17.6. The molecule has 2 aromatic carbocycles. The second-order valence-electron chi connectivity index (χ2n) is 8.62. The molecule has 0 saturated carbocycles. The van der Waals surface area contributed by atoms with Crippen molar-refractivity contribution in [1.29, 1.82) is 0 Å². The highest BCUT2D eigenvalue weighted by Gasteiger charge is 2.31. The van der Waals surface area contributed by atoms with Gasteiger partial charge in [0.1, 0.15) is 18.2 Å². The molecule has 0 atom stereocenters. The number of allylic oxidation sites excluding steroid dienone is 2. The van der Waals surface area contributed by atoms with Crippen LogP contribution in [0.5, 0.6) is 5.75 Å². The van der Waals surface area contributed by atoms with Crippen molar-refractivity contribution >= 4 is 28.7 Å². The van der Waals surface area contributed by atoms with Crippen LogP contribution in [0.25, 0.3) is 11.1 Å². The van der Waals surface area contributed by atoms with Crippen molar-refractivity contribution in [2.45, 2.75) is 45.9 Å². The molecule has 1 aliphatic carbocycles. The third-order valence-electron chi connectivity index (χ3n) is 6.18. The SMILES string of the molecule is CCOC(=O)c1cc(C2=C(c3cc(Cl)ccc3OCc3ccc(C(F)(F)F)cc3F)CCC2)cnc1C. The molecule has 1 aromatic heterocycles. The van der Waals surface area contributed by atoms with Gasteiger partial charge in [-0.25, -0.2) is 9.18 Å². The monoisotopic (exact) mass is 533 g/mol. The molecule has 0 unspecified atom stereocenters. The smallest absolute Gasteiger partial charge is 0.416 e. The van der Waals surface area contributed by atoms with Crippen LogP contribution in [0.1, 0.15) is 64.5 Å². The van der Waals surface area contributed by atoms with E-state index < -0.39 is 23.5 Å². The highest BCUT2D eigenvalue weighted by Crippen LogP contribution is 2.44. The normalized spacial score (nSPS) is 13.7. The van der Waals surface area contributed by atoms with E-state index in [1.165, 1.54) is 0 Å². The molecule has 4 nitrogen and oxygen atoms in total. The second kappa shape index (κ2) is 10.9. The van der Waals surface area contributed by atoms with E-state index in [-0.39, 0.29) is 18.8 Å². The molecule has 194 valence electrons. The molecule has 0 spiro atoms. The Labute approximate surface area is 216 Å². The molecule has 0 saturated heterocycles. The summed E-state index contributed by atoms with van der Waals surface area (Å²) < 4.78 is 64.0. The molecule has 0 N–H and O–H groups in total. The average Bonchev–Trinajstić information content (AvgIpc) is 3.33. The summed E-state index contributed by atoms with van der Waals surface area (Å²) in [6, 6.07) is 9.16. The van der Waals surface area contributed by atoms with Gasteiger partial charge in [0.05, 0.1) is 23.4 Å². The number of halogens is 5. The number of pyridine rings is 1. The molecule has 37 heavy (non-hydrogen) atoms. The van der Waals surface area contributed by atoms with Crippen LogP contribution in [0.3, 0.4) is 0 Å². The lowest BCUT2D eigenvalue weighted by Gasteiger charge is -2.16. The van der Waals surface area contributed by atoms with E-state index in [0.717, 1.165) is 41.7 Å². The third kappa shape index (κ3) is 5.96. The molecule has 3 aromatic rings. The summed E-state index contributed by atoms with van der Waals surface area (Å²) in [4.78, 5) is 16.8. The minimum atomic E-state index is -4.63. The number of carbonyl (C=O) groups is 1. The Morgan fingerprint density at radius 2 is 1.84 bits per heavy atom. The number of benzene rings is 2. The van der Waals surface area contributed by atoms with Gasteiger partial charge in [-0.15, -0.1) is 0 Å². The van der Waals surface area contributed by atoms with E-state index in [1.54, 1.807) is 44.3 Å². The molecule has 0 amide bonds. The van der Waals surface area contributed by atoms with Gasteiger partial charge >= 0.3 is 12.1 Å². The van der Waals surface area contributed by atoms with Gasteiger partial charge < -0.3 is 9.47 Å². The summed E-state index contributed by atoms with van der Waals surface area (Å²) in [6.07, 6.45) is -0.619. The number of esters is 1. The molecule has 0 bridgehead atoms. The van der Waals surface area contributed by atoms with Crippen molar-refractivity contribution in [3.63, 3.8) is 0 Å². The first-order valence-electron chi connectivity index (χ1n) is 11.7. The Morgan fingerprint density at radius 3 is 2.54 bits per heavy atom.